The maximum absolute atomic E-state index is 12.6. The van der Waals surface area contributed by atoms with Crippen molar-refractivity contribution in [3.05, 3.63) is 6.33 Å². The maximum Gasteiger partial charge on any atom is 0.399 e. The van der Waals surface area contributed by atoms with Crippen molar-refractivity contribution < 1.29 is 18.4 Å². The number of aromatic nitrogens is 3. The summed E-state index contributed by atoms with van der Waals surface area (Å²) in [5.74, 6) is -3.31. The molecule has 1 aromatic heterocycles. The average Bonchev–Trinajstić information content (AvgIpc) is 2.62. The van der Waals surface area contributed by atoms with Gasteiger partial charge in [0.15, 0.2) is 11.0 Å². The summed E-state index contributed by atoms with van der Waals surface area (Å²) >= 11 is 0.830. The molecule has 0 aliphatic rings. The van der Waals surface area contributed by atoms with Crippen molar-refractivity contribution in [3.63, 3.8) is 0 Å². The van der Waals surface area contributed by atoms with Gasteiger partial charge in [-0.3, -0.25) is 0 Å². The van der Waals surface area contributed by atoms with Crippen LogP contribution in [0.2, 0.25) is 0 Å². The molecule has 0 saturated carbocycles. The largest absolute Gasteiger partial charge is 0.409 e. The molecule has 0 bridgehead atoms. The number of thioether (sulfide) groups is 1. The highest BCUT2D eigenvalue weighted by Gasteiger charge is 2.42. The zero-order valence-electron chi connectivity index (χ0n) is 8.72. The summed E-state index contributed by atoms with van der Waals surface area (Å²) in [5.41, 5.74) is 5.00. The molecule has 0 saturated heterocycles. The van der Waals surface area contributed by atoms with Crippen LogP contribution in [0, 0.1) is 5.92 Å². The van der Waals surface area contributed by atoms with Crippen LogP contribution in [0.15, 0.2) is 16.6 Å². The van der Waals surface area contributed by atoms with Crippen LogP contribution in [-0.4, -0.2) is 37.7 Å². The van der Waals surface area contributed by atoms with Gasteiger partial charge in [-0.1, -0.05) is 16.9 Å². The summed E-state index contributed by atoms with van der Waals surface area (Å²) < 4.78 is 39.2. The summed E-state index contributed by atoms with van der Waals surface area (Å²) in [4.78, 5) is 0. The van der Waals surface area contributed by atoms with Gasteiger partial charge in [-0.2, -0.15) is 13.2 Å². The van der Waals surface area contributed by atoms with E-state index in [-0.39, 0.29) is 0 Å². The second-order valence-corrected chi connectivity index (χ2v) is 4.14. The van der Waals surface area contributed by atoms with E-state index >= 15 is 0 Å². The topological polar surface area (TPSA) is 89.3 Å². The second-order valence-electron chi connectivity index (χ2n) is 3.15. The van der Waals surface area contributed by atoms with E-state index in [1.165, 1.54) is 10.9 Å². The molecule has 1 unspecified atom stereocenters. The van der Waals surface area contributed by atoms with E-state index in [0.29, 0.717) is 5.16 Å². The number of amidine groups is 1. The molecule has 6 nitrogen and oxygen atoms in total. The van der Waals surface area contributed by atoms with Crippen LogP contribution in [-0.2, 0) is 7.05 Å². The van der Waals surface area contributed by atoms with E-state index in [1.807, 2.05) is 0 Å². The van der Waals surface area contributed by atoms with Crippen molar-refractivity contribution in [1.82, 2.24) is 14.8 Å². The van der Waals surface area contributed by atoms with Gasteiger partial charge in [0.05, 0.1) is 0 Å². The Morgan fingerprint density at radius 2 is 2.35 bits per heavy atom. The average molecular weight is 269 g/mol. The summed E-state index contributed by atoms with van der Waals surface area (Å²) in [6.07, 6.45) is -3.20. The van der Waals surface area contributed by atoms with E-state index in [1.54, 1.807) is 7.05 Å². The quantitative estimate of drug-likeness (QED) is 0.278. The number of alkyl halides is 3. The van der Waals surface area contributed by atoms with Crippen molar-refractivity contribution in [2.75, 3.05) is 5.75 Å². The van der Waals surface area contributed by atoms with E-state index in [2.05, 4.69) is 15.4 Å². The molecule has 0 aromatic carbocycles. The first kappa shape index (κ1) is 13.6. The zero-order chi connectivity index (χ0) is 13.1. The minimum absolute atomic E-state index is 0.324. The van der Waals surface area contributed by atoms with Crippen LogP contribution < -0.4 is 5.73 Å². The first-order chi connectivity index (χ1) is 7.86. The van der Waals surface area contributed by atoms with Gasteiger partial charge >= 0.3 is 6.18 Å². The second kappa shape index (κ2) is 5.25. The fourth-order valence-corrected chi connectivity index (χ4v) is 2.01. The highest BCUT2D eigenvalue weighted by atomic mass is 32.2. The molecule has 1 atom stereocenters. The Labute approximate surface area is 98.7 Å². The minimum atomic E-state index is -4.57. The molecule has 0 aliphatic heterocycles. The van der Waals surface area contributed by atoms with E-state index in [4.69, 9.17) is 10.9 Å². The van der Waals surface area contributed by atoms with E-state index in [0.717, 1.165) is 11.8 Å². The number of hydrogen-bond donors (Lipinski definition) is 2. The third-order valence-corrected chi connectivity index (χ3v) is 3.04. The lowest BCUT2D eigenvalue weighted by Gasteiger charge is -2.17. The predicted octanol–water partition coefficient (Wildman–Crippen LogP) is 0.832. The first-order valence-electron chi connectivity index (χ1n) is 4.37. The Balaban J connectivity index is 2.72. The number of aryl methyl sites for hydroxylation is 1. The fraction of sp³-hybridized carbons (Fsp3) is 0.571. The molecule has 0 spiro atoms. The Morgan fingerprint density at radius 3 is 2.76 bits per heavy atom. The SMILES string of the molecule is Cn1cnnc1SCC(C(N)=NO)C(F)(F)F. The van der Waals surface area contributed by atoms with Gasteiger partial charge in [-0.15, -0.1) is 10.2 Å². The van der Waals surface area contributed by atoms with Crippen molar-refractivity contribution >= 4 is 17.6 Å². The lowest BCUT2D eigenvalue weighted by atomic mass is 10.1. The van der Waals surface area contributed by atoms with Crippen LogP contribution in [0.3, 0.4) is 0 Å². The van der Waals surface area contributed by atoms with Crippen molar-refractivity contribution in [2.45, 2.75) is 11.3 Å². The summed E-state index contributed by atoms with van der Waals surface area (Å²) in [5, 5.41) is 18.2. The van der Waals surface area contributed by atoms with Crippen LogP contribution in [0.1, 0.15) is 0 Å². The molecule has 96 valence electrons. The van der Waals surface area contributed by atoms with Crippen LogP contribution in [0.25, 0.3) is 0 Å². The number of nitrogens with zero attached hydrogens (tertiary/aromatic N) is 4. The molecular weight excluding hydrogens is 259 g/mol. The fourth-order valence-electron chi connectivity index (χ4n) is 0.978. The Bertz CT molecular complexity index is 404. The van der Waals surface area contributed by atoms with E-state index in [9.17, 15) is 13.2 Å². The van der Waals surface area contributed by atoms with Gasteiger partial charge in [-0.05, 0) is 0 Å². The predicted molar refractivity (Wildman–Crippen MR) is 54.7 cm³/mol. The van der Waals surface area contributed by atoms with Gasteiger partial charge in [0, 0.05) is 12.8 Å². The smallest absolute Gasteiger partial charge is 0.399 e. The third-order valence-electron chi connectivity index (χ3n) is 1.92. The third kappa shape index (κ3) is 3.51. The molecule has 1 aromatic rings. The summed E-state index contributed by atoms with van der Waals surface area (Å²) in [7, 11) is 1.61. The van der Waals surface area contributed by atoms with Gasteiger partial charge < -0.3 is 15.5 Å². The number of nitrogens with two attached hydrogens (primary N) is 1. The van der Waals surface area contributed by atoms with Crippen molar-refractivity contribution in [3.8, 4) is 0 Å². The highest BCUT2D eigenvalue weighted by Crippen LogP contribution is 2.31. The van der Waals surface area contributed by atoms with Gasteiger partial charge in [0.25, 0.3) is 0 Å². The van der Waals surface area contributed by atoms with Gasteiger partial charge in [0.1, 0.15) is 12.2 Å². The number of halogens is 3. The number of oxime groups is 1. The zero-order valence-corrected chi connectivity index (χ0v) is 9.53. The Hall–Kier alpha value is -1.45. The Morgan fingerprint density at radius 1 is 1.71 bits per heavy atom. The molecule has 0 radical (unpaired) electrons. The Kier molecular flexibility index (Phi) is 4.21. The van der Waals surface area contributed by atoms with Crippen LogP contribution in [0.4, 0.5) is 13.2 Å². The van der Waals surface area contributed by atoms with Crippen molar-refractivity contribution in [2.24, 2.45) is 23.9 Å². The van der Waals surface area contributed by atoms with Crippen molar-refractivity contribution in [1.29, 1.82) is 0 Å². The van der Waals surface area contributed by atoms with Crippen LogP contribution >= 0.6 is 11.8 Å². The molecule has 17 heavy (non-hydrogen) atoms. The molecule has 10 heteroatoms. The lowest BCUT2D eigenvalue weighted by Crippen LogP contribution is -2.37. The highest BCUT2D eigenvalue weighted by molar-refractivity contribution is 7.99. The number of rotatable bonds is 4. The minimum Gasteiger partial charge on any atom is -0.409 e. The molecule has 0 aliphatic carbocycles. The molecule has 3 N–H and O–H groups in total. The number of hydrogen-bond acceptors (Lipinski definition) is 5. The molecule has 0 amide bonds. The van der Waals surface area contributed by atoms with Gasteiger partial charge in [-0.25, -0.2) is 0 Å². The molecular formula is C7H10F3N5OS. The first-order valence-corrected chi connectivity index (χ1v) is 5.35. The summed E-state index contributed by atoms with van der Waals surface area (Å²) in [6.45, 7) is 0. The van der Waals surface area contributed by atoms with E-state index < -0.39 is 23.7 Å². The molecule has 0 fully saturated rings. The standard InChI is InChI=1S/C7H10F3N5OS/c1-15-3-12-13-6(15)17-2-4(5(11)14-16)7(8,9)10/h3-4,16H,2H2,1H3,(H2,11,14). The normalized spacial score (nSPS) is 14.9. The molecule has 1 heterocycles. The lowest BCUT2D eigenvalue weighted by molar-refractivity contribution is -0.150. The summed E-state index contributed by atoms with van der Waals surface area (Å²) in [6, 6.07) is 0. The monoisotopic (exact) mass is 269 g/mol. The van der Waals surface area contributed by atoms with Gasteiger partial charge in [0.2, 0.25) is 0 Å². The van der Waals surface area contributed by atoms with Crippen LogP contribution in [0.5, 0.6) is 0 Å². The maximum atomic E-state index is 12.6. The molecule has 1 rings (SSSR count).